The SMILES string of the molecule is CNC(=O)c1cnc2[nH]ccc2c1NC1C2CC3CC1CC(NC(=O)OC(C)(C)C)(C3)C2. The van der Waals surface area contributed by atoms with Gasteiger partial charge in [-0.2, -0.15) is 0 Å². The predicted octanol–water partition coefficient (Wildman–Crippen LogP) is 3.81. The Morgan fingerprint density at radius 3 is 2.56 bits per heavy atom. The number of aromatic nitrogens is 2. The number of hydrogen-bond donors (Lipinski definition) is 4. The van der Waals surface area contributed by atoms with Crippen LogP contribution in [0.15, 0.2) is 18.5 Å². The summed E-state index contributed by atoms with van der Waals surface area (Å²) in [5.74, 6) is 1.37. The van der Waals surface area contributed by atoms with E-state index < -0.39 is 5.60 Å². The van der Waals surface area contributed by atoms with E-state index in [-0.39, 0.29) is 23.6 Å². The maximum atomic E-state index is 12.6. The number of H-pyrrole nitrogens is 1. The lowest BCUT2D eigenvalue weighted by atomic mass is 9.51. The summed E-state index contributed by atoms with van der Waals surface area (Å²) in [4.78, 5) is 32.7. The molecule has 8 heteroatoms. The van der Waals surface area contributed by atoms with Crippen molar-refractivity contribution in [3.8, 4) is 0 Å². The van der Waals surface area contributed by atoms with Gasteiger partial charge in [0, 0.05) is 36.4 Å². The number of rotatable bonds is 4. The van der Waals surface area contributed by atoms with Crippen molar-refractivity contribution in [3.63, 3.8) is 0 Å². The largest absolute Gasteiger partial charge is 0.444 e. The Morgan fingerprint density at radius 1 is 1.19 bits per heavy atom. The lowest BCUT2D eigenvalue weighted by Crippen LogP contribution is -2.65. The zero-order valence-electron chi connectivity index (χ0n) is 19.2. The monoisotopic (exact) mass is 439 g/mol. The van der Waals surface area contributed by atoms with Crippen LogP contribution in [0.2, 0.25) is 0 Å². The van der Waals surface area contributed by atoms with Gasteiger partial charge >= 0.3 is 6.09 Å². The first-order valence-electron chi connectivity index (χ1n) is 11.6. The molecule has 172 valence electrons. The lowest BCUT2D eigenvalue weighted by molar-refractivity contribution is -0.0348. The van der Waals surface area contributed by atoms with Gasteiger partial charge in [-0.3, -0.25) is 4.79 Å². The zero-order chi connectivity index (χ0) is 22.7. The number of fused-ring (bicyclic) bond motifs is 1. The van der Waals surface area contributed by atoms with Crippen LogP contribution in [0.1, 0.15) is 63.2 Å². The van der Waals surface area contributed by atoms with Gasteiger partial charge in [-0.25, -0.2) is 9.78 Å². The third-order valence-electron chi connectivity index (χ3n) is 7.41. The van der Waals surface area contributed by atoms with Crippen LogP contribution in [0.3, 0.4) is 0 Å². The number of aromatic amines is 1. The Labute approximate surface area is 188 Å². The Hall–Kier alpha value is -2.77. The van der Waals surface area contributed by atoms with E-state index >= 15 is 0 Å². The van der Waals surface area contributed by atoms with Crippen molar-refractivity contribution in [1.29, 1.82) is 0 Å². The van der Waals surface area contributed by atoms with Gasteiger partial charge in [0.2, 0.25) is 0 Å². The van der Waals surface area contributed by atoms with Crippen LogP contribution in [0.25, 0.3) is 11.0 Å². The van der Waals surface area contributed by atoms with Crippen LogP contribution in [0.5, 0.6) is 0 Å². The smallest absolute Gasteiger partial charge is 0.408 e. The second kappa shape index (κ2) is 7.39. The summed E-state index contributed by atoms with van der Waals surface area (Å²) in [5, 5.41) is 10.7. The van der Waals surface area contributed by atoms with E-state index in [1.54, 1.807) is 13.2 Å². The van der Waals surface area contributed by atoms with Gasteiger partial charge in [0.25, 0.3) is 5.91 Å². The predicted molar refractivity (Wildman–Crippen MR) is 123 cm³/mol. The molecular formula is C24H33N5O3. The van der Waals surface area contributed by atoms with Gasteiger partial charge in [0.05, 0.1) is 11.3 Å². The lowest BCUT2D eigenvalue weighted by Gasteiger charge is -2.60. The minimum atomic E-state index is -0.504. The van der Waals surface area contributed by atoms with Crippen molar-refractivity contribution >= 4 is 28.7 Å². The number of hydrogen-bond acceptors (Lipinski definition) is 5. The molecule has 4 saturated carbocycles. The standard InChI is InChI=1S/C24H33N5O3/c1-23(2,3)32-22(31)29-24-9-13-7-14(10-24)18(15(8-13)11-24)28-19-16-5-6-26-20(16)27-12-17(19)21(30)25-4/h5-6,12-15,18H,7-11H2,1-4H3,(H,25,30)(H,29,31)(H2,26,27,28). The summed E-state index contributed by atoms with van der Waals surface area (Å²) < 4.78 is 5.57. The van der Waals surface area contributed by atoms with Gasteiger partial charge in [0.15, 0.2) is 0 Å². The Bertz CT molecular complexity index is 1040. The minimum Gasteiger partial charge on any atom is -0.444 e. The fourth-order valence-corrected chi connectivity index (χ4v) is 6.57. The molecule has 2 atom stereocenters. The maximum absolute atomic E-state index is 12.6. The van der Waals surface area contributed by atoms with E-state index in [0.717, 1.165) is 48.8 Å². The maximum Gasteiger partial charge on any atom is 0.408 e. The summed E-state index contributed by atoms with van der Waals surface area (Å²) in [6, 6.07) is 2.24. The molecule has 2 unspecified atom stereocenters. The van der Waals surface area contributed by atoms with Gasteiger partial charge < -0.3 is 25.7 Å². The van der Waals surface area contributed by atoms with Crippen molar-refractivity contribution in [2.45, 2.75) is 70.1 Å². The highest BCUT2D eigenvalue weighted by molar-refractivity contribution is 6.06. The van der Waals surface area contributed by atoms with Crippen molar-refractivity contribution < 1.29 is 14.3 Å². The van der Waals surface area contributed by atoms with Crippen molar-refractivity contribution in [2.24, 2.45) is 17.8 Å². The third-order valence-corrected chi connectivity index (χ3v) is 7.41. The van der Waals surface area contributed by atoms with Crippen molar-refractivity contribution in [3.05, 3.63) is 24.0 Å². The van der Waals surface area contributed by atoms with E-state index in [4.69, 9.17) is 4.74 Å². The Morgan fingerprint density at radius 2 is 1.91 bits per heavy atom. The first kappa shape index (κ1) is 21.1. The molecule has 4 fully saturated rings. The number of anilines is 1. The molecule has 4 bridgehead atoms. The summed E-state index contributed by atoms with van der Waals surface area (Å²) in [6.45, 7) is 5.69. The van der Waals surface area contributed by atoms with E-state index in [1.807, 2.05) is 33.0 Å². The molecule has 2 heterocycles. The van der Waals surface area contributed by atoms with Gasteiger partial charge in [0.1, 0.15) is 11.2 Å². The number of nitrogens with one attached hydrogen (secondary N) is 4. The number of amides is 2. The average molecular weight is 440 g/mol. The number of pyridine rings is 1. The molecule has 2 amide bonds. The number of nitrogens with zero attached hydrogens (tertiary/aromatic N) is 1. The summed E-state index contributed by atoms with van der Waals surface area (Å²) in [6.07, 6.45) is 8.41. The first-order chi connectivity index (χ1) is 15.2. The molecule has 0 aliphatic heterocycles. The quantitative estimate of drug-likeness (QED) is 0.579. The van der Waals surface area contributed by atoms with Crippen LogP contribution in [-0.2, 0) is 4.74 Å². The summed E-state index contributed by atoms with van der Waals surface area (Å²) in [5.41, 5.74) is 1.50. The highest BCUT2D eigenvalue weighted by Gasteiger charge is 2.56. The first-order valence-corrected chi connectivity index (χ1v) is 11.6. The Balaban J connectivity index is 1.40. The van der Waals surface area contributed by atoms with E-state index in [2.05, 4.69) is 25.9 Å². The third kappa shape index (κ3) is 3.69. The second-order valence-corrected chi connectivity index (χ2v) is 10.9. The summed E-state index contributed by atoms with van der Waals surface area (Å²) >= 11 is 0. The molecule has 2 aromatic heterocycles. The molecule has 8 nitrogen and oxygen atoms in total. The molecule has 6 rings (SSSR count). The normalized spacial score (nSPS) is 30.9. The second-order valence-electron chi connectivity index (χ2n) is 10.9. The highest BCUT2D eigenvalue weighted by atomic mass is 16.6. The minimum absolute atomic E-state index is 0.144. The van der Waals surface area contributed by atoms with E-state index in [1.165, 1.54) is 0 Å². The molecular weight excluding hydrogens is 406 g/mol. The van der Waals surface area contributed by atoms with Crippen LogP contribution in [0.4, 0.5) is 10.5 Å². The molecule has 0 spiro atoms. The topological polar surface area (TPSA) is 108 Å². The van der Waals surface area contributed by atoms with Crippen molar-refractivity contribution in [1.82, 2.24) is 20.6 Å². The average Bonchev–Trinajstić information content (AvgIpc) is 3.16. The number of carbonyl (C=O) groups is 2. The molecule has 2 aromatic rings. The van der Waals surface area contributed by atoms with Crippen LogP contribution >= 0.6 is 0 Å². The van der Waals surface area contributed by atoms with Gasteiger partial charge in [-0.1, -0.05) is 0 Å². The number of alkyl carbamates (subject to hydrolysis) is 1. The molecule has 4 aliphatic carbocycles. The Kier molecular flexibility index (Phi) is 4.87. The molecule has 4 N–H and O–H groups in total. The highest BCUT2D eigenvalue weighted by Crippen LogP contribution is 2.56. The number of ether oxygens (including phenoxy) is 1. The van der Waals surface area contributed by atoms with Crippen molar-refractivity contribution in [2.75, 3.05) is 12.4 Å². The zero-order valence-corrected chi connectivity index (χ0v) is 19.2. The van der Waals surface area contributed by atoms with E-state index in [9.17, 15) is 9.59 Å². The van der Waals surface area contributed by atoms with E-state index in [0.29, 0.717) is 23.3 Å². The van der Waals surface area contributed by atoms with Crippen LogP contribution in [0, 0.1) is 17.8 Å². The molecule has 0 saturated heterocycles. The fraction of sp³-hybridized carbons (Fsp3) is 0.625. The fourth-order valence-electron chi connectivity index (χ4n) is 6.57. The molecule has 32 heavy (non-hydrogen) atoms. The molecule has 0 aromatic carbocycles. The molecule has 4 aliphatic rings. The van der Waals surface area contributed by atoms with Gasteiger partial charge in [-0.15, -0.1) is 0 Å². The van der Waals surface area contributed by atoms with Crippen LogP contribution in [-0.4, -0.2) is 46.2 Å². The summed E-state index contributed by atoms with van der Waals surface area (Å²) in [7, 11) is 1.64. The van der Waals surface area contributed by atoms with Gasteiger partial charge in [-0.05, 0) is 76.7 Å². The number of carbonyl (C=O) groups excluding carboxylic acids is 2. The van der Waals surface area contributed by atoms with Crippen LogP contribution < -0.4 is 16.0 Å². The molecule has 0 radical (unpaired) electrons.